The first kappa shape index (κ1) is 17.3. The molecule has 3 aromatic rings. The van der Waals surface area contributed by atoms with Crippen molar-refractivity contribution < 1.29 is 23.2 Å². The van der Waals surface area contributed by atoms with Crippen molar-refractivity contribution in [3.05, 3.63) is 77.1 Å². The standard InChI is InChI=1S/C19H18N2O5/c1-12-10-16(13(2)25-12)18(22)20-21-19(23)17-9-8-15(26-17)11-24-14-6-4-3-5-7-14/h3-10H,11H2,1-2H3,(H,20,22)(H,21,23). The van der Waals surface area contributed by atoms with Crippen molar-refractivity contribution in [1.82, 2.24) is 10.9 Å². The van der Waals surface area contributed by atoms with E-state index in [1.54, 1.807) is 26.0 Å². The fraction of sp³-hybridized carbons (Fsp3) is 0.158. The molecule has 0 aliphatic heterocycles. The number of hydrazine groups is 1. The minimum Gasteiger partial charge on any atom is -0.486 e. The molecule has 134 valence electrons. The van der Waals surface area contributed by atoms with Gasteiger partial charge in [-0.25, -0.2) is 0 Å². The van der Waals surface area contributed by atoms with Gasteiger partial charge in [-0.3, -0.25) is 20.4 Å². The number of nitrogens with one attached hydrogen (secondary N) is 2. The molecule has 2 N–H and O–H groups in total. The predicted molar refractivity (Wildman–Crippen MR) is 92.6 cm³/mol. The van der Waals surface area contributed by atoms with Gasteiger partial charge in [-0.2, -0.15) is 0 Å². The molecular weight excluding hydrogens is 336 g/mol. The van der Waals surface area contributed by atoms with Crippen LogP contribution in [0, 0.1) is 13.8 Å². The highest BCUT2D eigenvalue weighted by molar-refractivity contribution is 5.98. The summed E-state index contributed by atoms with van der Waals surface area (Å²) in [7, 11) is 0. The van der Waals surface area contributed by atoms with Crippen LogP contribution in [-0.2, 0) is 6.61 Å². The van der Waals surface area contributed by atoms with E-state index in [4.69, 9.17) is 13.6 Å². The van der Waals surface area contributed by atoms with Gasteiger partial charge in [0.25, 0.3) is 5.91 Å². The Morgan fingerprint density at radius 3 is 2.38 bits per heavy atom. The number of rotatable bonds is 5. The van der Waals surface area contributed by atoms with Crippen LogP contribution < -0.4 is 15.6 Å². The minimum absolute atomic E-state index is 0.0667. The Kier molecular flexibility index (Phi) is 5.07. The van der Waals surface area contributed by atoms with Crippen LogP contribution in [-0.4, -0.2) is 11.8 Å². The molecule has 1 aromatic carbocycles. The van der Waals surface area contributed by atoms with E-state index in [9.17, 15) is 9.59 Å². The van der Waals surface area contributed by atoms with Crippen LogP contribution in [0.2, 0.25) is 0 Å². The van der Waals surface area contributed by atoms with Crippen molar-refractivity contribution in [1.29, 1.82) is 0 Å². The van der Waals surface area contributed by atoms with E-state index in [-0.39, 0.29) is 12.4 Å². The first-order valence-electron chi connectivity index (χ1n) is 7.97. The summed E-state index contributed by atoms with van der Waals surface area (Å²) < 4.78 is 16.3. The lowest BCUT2D eigenvalue weighted by atomic mass is 10.2. The lowest BCUT2D eigenvalue weighted by Gasteiger charge is -2.05. The van der Waals surface area contributed by atoms with Crippen LogP contribution in [0.25, 0.3) is 0 Å². The van der Waals surface area contributed by atoms with Gasteiger partial charge in [0.2, 0.25) is 0 Å². The zero-order valence-electron chi connectivity index (χ0n) is 14.4. The number of aryl methyl sites for hydroxylation is 2. The summed E-state index contributed by atoms with van der Waals surface area (Å²) in [6.07, 6.45) is 0. The van der Waals surface area contributed by atoms with Gasteiger partial charge < -0.3 is 13.6 Å². The Morgan fingerprint density at radius 1 is 0.962 bits per heavy atom. The summed E-state index contributed by atoms with van der Waals surface area (Å²) in [4.78, 5) is 24.1. The van der Waals surface area contributed by atoms with Crippen molar-refractivity contribution in [2.24, 2.45) is 0 Å². The van der Waals surface area contributed by atoms with Crippen LogP contribution in [0.3, 0.4) is 0 Å². The van der Waals surface area contributed by atoms with Gasteiger partial charge in [0.15, 0.2) is 5.76 Å². The van der Waals surface area contributed by atoms with Crippen molar-refractivity contribution in [3.8, 4) is 5.75 Å². The third kappa shape index (κ3) is 4.13. The molecule has 7 nitrogen and oxygen atoms in total. The molecule has 7 heteroatoms. The smallest absolute Gasteiger partial charge is 0.305 e. The van der Waals surface area contributed by atoms with Gasteiger partial charge in [-0.1, -0.05) is 18.2 Å². The summed E-state index contributed by atoms with van der Waals surface area (Å²) in [5.74, 6) is 1.33. The lowest BCUT2D eigenvalue weighted by molar-refractivity contribution is 0.0827. The van der Waals surface area contributed by atoms with Crippen LogP contribution in [0.5, 0.6) is 5.75 Å². The molecule has 0 saturated heterocycles. The predicted octanol–water partition coefficient (Wildman–Crippen LogP) is 3.14. The topological polar surface area (TPSA) is 93.7 Å². The van der Waals surface area contributed by atoms with Gasteiger partial charge in [0.1, 0.15) is 29.6 Å². The number of benzene rings is 1. The normalized spacial score (nSPS) is 10.4. The summed E-state index contributed by atoms with van der Waals surface area (Å²) >= 11 is 0. The number of carbonyl (C=O) groups excluding carboxylic acids is 2. The minimum atomic E-state index is -0.567. The monoisotopic (exact) mass is 354 g/mol. The lowest BCUT2D eigenvalue weighted by Crippen LogP contribution is -2.41. The van der Waals surface area contributed by atoms with E-state index in [0.29, 0.717) is 28.6 Å². The molecule has 2 heterocycles. The number of furan rings is 2. The Labute approximate surface area is 149 Å². The molecule has 0 bridgehead atoms. The zero-order valence-corrected chi connectivity index (χ0v) is 14.4. The molecule has 3 rings (SSSR count). The first-order valence-corrected chi connectivity index (χ1v) is 7.97. The third-order valence-corrected chi connectivity index (χ3v) is 3.58. The summed E-state index contributed by atoms with van der Waals surface area (Å²) in [6.45, 7) is 3.61. The van der Waals surface area contributed by atoms with Gasteiger partial charge in [0, 0.05) is 0 Å². The largest absolute Gasteiger partial charge is 0.486 e. The molecule has 0 unspecified atom stereocenters. The van der Waals surface area contributed by atoms with Crippen molar-refractivity contribution in [2.75, 3.05) is 0 Å². The van der Waals surface area contributed by atoms with Crippen molar-refractivity contribution in [2.45, 2.75) is 20.5 Å². The first-order chi connectivity index (χ1) is 12.5. The second kappa shape index (κ2) is 7.60. The maximum Gasteiger partial charge on any atom is 0.305 e. The third-order valence-electron chi connectivity index (χ3n) is 3.58. The molecule has 26 heavy (non-hydrogen) atoms. The maximum absolute atomic E-state index is 12.1. The highest BCUT2D eigenvalue weighted by Gasteiger charge is 2.16. The molecule has 2 amide bonds. The average Bonchev–Trinajstić information content (AvgIpc) is 3.24. The van der Waals surface area contributed by atoms with Crippen molar-refractivity contribution in [3.63, 3.8) is 0 Å². The second-order valence-corrected chi connectivity index (χ2v) is 5.60. The van der Waals surface area contributed by atoms with E-state index in [1.807, 2.05) is 30.3 Å². The Bertz CT molecular complexity index is 911. The fourth-order valence-electron chi connectivity index (χ4n) is 2.35. The SMILES string of the molecule is Cc1cc(C(=O)NNC(=O)c2ccc(COc3ccccc3)o2)c(C)o1. The summed E-state index contributed by atoms with van der Waals surface area (Å²) in [5.41, 5.74) is 5.00. The van der Waals surface area contributed by atoms with Crippen LogP contribution in [0.4, 0.5) is 0 Å². The number of hydrogen-bond acceptors (Lipinski definition) is 5. The summed E-state index contributed by atoms with van der Waals surface area (Å²) in [5, 5.41) is 0. The number of para-hydroxylation sites is 1. The highest BCUT2D eigenvalue weighted by atomic mass is 16.5. The Balaban J connectivity index is 1.53. The molecule has 0 saturated carbocycles. The molecular formula is C19H18N2O5. The van der Waals surface area contributed by atoms with Gasteiger partial charge in [-0.05, 0) is 44.2 Å². The fourth-order valence-corrected chi connectivity index (χ4v) is 2.35. The average molecular weight is 354 g/mol. The Hall–Kier alpha value is -3.48. The van der Waals surface area contributed by atoms with Crippen LogP contribution in [0.1, 0.15) is 38.2 Å². The molecule has 0 radical (unpaired) electrons. The van der Waals surface area contributed by atoms with E-state index >= 15 is 0 Å². The quantitative estimate of drug-likeness (QED) is 0.687. The Morgan fingerprint density at radius 2 is 1.69 bits per heavy atom. The van der Waals surface area contributed by atoms with E-state index < -0.39 is 11.8 Å². The molecule has 0 aliphatic rings. The number of carbonyl (C=O) groups is 2. The second-order valence-electron chi connectivity index (χ2n) is 5.60. The molecule has 2 aromatic heterocycles. The number of hydrogen-bond donors (Lipinski definition) is 2. The zero-order chi connectivity index (χ0) is 18.5. The van der Waals surface area contributed by atoms with E-state index in [0.717, 1.165) is 0 Å². The van der Waals surface area contributed by atoms with Crippen molar-refractivity contribution >= 4 is 11.8 Å². The van der Waals surface area contributed by atoms with Gasteiger partial charge in [0.05, 0.1) is 5.56 Å². The van der Waals surface area contributed by atoms with Crippen LogP contribution >= 0.6 is 0 Å². The maximum atomic E-state index is 12.1. The van der Waals surface area contributed by atoms with E-state index in [2.05, 4.69) is 10.9 Å². The highest BCUT2D eigenvalue weighted by Crippen LogP contribution is 2.14. The summed E-state index contributed by atoms with van der Waals surface area (Å²) in [6, 6.07) is 14.0. The number of ether oxygens (including phenoxy) is 1. The van der Waals surface area contributed by atoms with Gasteiger partial charge in [-0.15, -0.1) is 0 Å². The molecule has 0 spiro atoms. The molecule has 0 aliphatic carbocycles. The van der Waals surface area contributed by atoms with Gasteiger partial charge >= 0.3 is 5.91 Å². The molecule has 0 fully saturated rings. The van der Waals surface area contributed by atoms with E-state index in [1.165, 1.54) is 6.07 Å². The molecule has 0 atom stereocenters. The van der Waals surface area contributed by atoms with Crippen LogP contribution in [0.15, 0.2) is 57.4 Å². The number of amides is 2.